The Kier molecular flexibility index (Phi) is 3.61. The Morgan fingerprint density at radius 2 is 2.04 bits per heavy atom. The van der Waals surface area contributed by atoms with E-state index in [4.69, 9.17) is 5.73 Å². The molecule has 0 radical (unpaired) electrons. The average molecular weight is 376 g/mol. The summed E-state index contributed by atoms with van der Waals surface area (Å²) < 4.78 is 1.54. The van der Waals surface area contributed by atoms with Gasteiger partial charge in [0.15, 0.2) is 0 Å². The largest absolute Gasteiger partial charge is 0.368 e. The molecule has 8 nitrogen and oxygen atoms in total. The summed E-state index contributed by atoms with van der Waals surface area (Å²) in [6.45, 7) is 1.37. The molecule has 8 heteroatoms. The van der Waals surface area contributed by atoms with Crippen LogP contribution < -0.4 is 21.1 Å². The molecule has 28 heavy (non-hydrogen) atoms. The minimum absolute atomic E-state index is 0.0828. The van der Waals surface area contributed by atoms with Crippen LogP contribution in [0.3, 0.4) is 0 Å². The molecule has 4 heterocycles. The summed E-state index contributed by atoms with van der Waals surface area (Å²) in [5.74, 6) is 0.607. The van der Waals surface area contributed by atoms with E-state index in [2.05, 4.69) is 14.9 Å². The van der Waals surface area contributed by atoms with Crippen molar-refractivity contribution in [1.82, 2.24) is 14.5 Å². The molecule has 142 valence electrons. The first-order valence-corrected chi connectivity index (χ1v) is 9.34. The Labute approximate surface area is 161 Å². The number of nitrogens with two attached hydrogens (primary N) is 1. The summed E-state index contributed by atoms with van der Waals surface area (Å²) in [5, 5.41) is 1.36. The van der Waals surface area contributed by atoms with Crippen molar-refractivity contribution < 1.29 is 4.79 Å². The molecule has 1 amide bonds. The van der Waals surface area contributed by atoms with E-state index in [9.17, 15) is 9.59 Å². The van der Waals surface area contributed by atoms with Crippen molar-refractivity contribution in [3.8, 4) is 0 Å². The molecule has 1 saturated heterocycles. The van der Waals surface area contributed by atoms with Gasteiger partial charge in [0.2, 0.25) is 5.95 Å². The topological polar surface area (TPSA) is 97.3 Å². The number of anilines is 3. The van der Waals surface area contributed by atoms with Crippen molar-refractivity contribution in [1.29, 1.82) is 0 Å². The number of fused-ring (bicyclic) bond motifs is 4. The maximum atomic E-state index is 13.5. The lowest BCUT2D eigenvalue weighted by Crippen LogP contribution is -2.40. The monoisotopic (exact) mass is 376 g/mol. The van der Waals surface area contributed by atoms with E-state index >= 15 is 0 Å². The highest BCUT2D eigenvalue weighted by Crippen LogP contribution is 2.35. The zero-order valence-corrected chi connectivity index (χ0v) is 15.5. The highest BCUT2D eigenvalue weighted by Gasteiger charge is 2.37. The molecular formula is C20H20N6O2. The molecule has 1 fully saturated rings. The second kappa shape index (κ2) is 6.05. The zero-order valence-electron chi connectivity index (χ0n) is 15.5. The maximum Gasteiger partial charge on any atom is 0.263 e. The van der Waals surface area contributed by atoms with Crippen molar-refractivity contribution in [2.45, 2.75) is 18.9 Å². The number of aromatic nitrogens is 3. The third-order valence-corrected chi connectivity index (χ3v) is 5.69. The quantitative estimate of drug-likeness (QED) is 0.692. The van der Waals surface area contributed by atoms with Crippen LogP contribution in [-0.2, 0) is 7.05 Å². The molecule has 1 atom stereocenters. The molecule has 0 spiro atoms. The molecule has 0 saturated carbocycles. The van der Waals surface area contributed by atoms with Gasteiger partial charge in [-0.05, 0) is 31.0 Å². The number of pyridine rings is 1. The molecule has 3 aromatic rings. The third-order valence-electron chi connectivity index (χ3n) is 5.69. The first-order valence-electron chi connectivity index (χ1n) is 9.34. The lowest BCUT2D eigenvalue weighted by atomic mass is 10.1. The van der Waals surface area contributed by atoms with Crippen molar-refractivity contribution >= 4 is 34.1 Å². The fourth-order valence-corrected chi connectivity index (χ4v) is 4.30. The minimum Gasteiger partial charge on any atom is -0.368 e. The van der Waals surface area contributed by atoms with Crippen LogP contribution in [0.15, 0.2) is 41.5 Å². The van der Waals surface area contributed by atoms with Gasteiger partial charge in [-0.15, -0.1) is 0 Å². The van der Waals surface area contributed by atoms with E-state index in [1.165, 1.54) is 6.20 Å². The van der Waals surface area contributed by atoms with Crippen molar-refractivity contribution in [2.24, 2.45) is 7.05 Å². The summed E-state index contributed by atoms with van der Waals surface area (Å²) in [6, 6.07) is 7.55. The third kappa shape index (κ3) is 2.37. The number of hydrogen-bond acceptors (Lipinski definition) is 6. The summed E-state index contributed by atoms with van der Waals surface area (Å²) in [4.78, 5) is 38.4. The van der Waals surface area contributed by atoms with Crippen LogP contribution in [0.2, 0.25) is 0 Å². The Bertz CT molecular complexity index is 1170. The summed E-state index contributed by atoms with van der Waals surface area (Å²) in [5.41, 5.74) is 6.90. The lowest BCUT2D eigenvalue weighted by Gasteiger charge is -2.27. The highest BCUT2D eigenvalue weighted by molar-refractivity contribution is 6.13. The van der Waals surface area contributed by atoms with Crippen LogP contribution in [0.25, 0.3) is 10.8 Å². The minimum atomic E-state index is -0.169. The number of nitrogen functional groups attached to an aromatic ring is 1. The first kappa shape index (κ1) is 16.7. The zero-order chi connectivity index (χ0) is 19.4. The van der Waals surface area contributed by atoms with Crippen molar-refractivity contribution in [3.63, 3.8) is 0 Å². The van der Waals surface area contributed by atoms with Gasteiger partial charge in [0.25, 0.3) is 11.5 Å². The second-order valence-electron chi connectivity index (χ2n) is 7.34. The average Bonchev–Trinajstić information content (AvgIpc) is 3.12. The number of nitrogens with zero attached hydrogens (tertiary/aromatic N) is 5. The van der Waals surface area contributed by atoms with E-state index in [1.807, 2.05) is 18.2 Å². The van der Waals surface area contributed by atoms with Gasteiger partial charge in [-0.2, -0.15) is 4.98 Å². The van der Waals surface area contributed by atoms with Crippen LogP contribution >= 0.6 is 0 Å². The Morgan fingerprint density at radius 3 is 2.89 bits per heavy atom. The Morgan fingerprint density at radius 1 is 1.18 bits per heavy atom. The number of aryl methyl sites for hydroxylation is 1. The van der Waals surface area contributed by atoms with Gasteiger partial charge in [-0.25, -0.2) is 4.98 Å². The van der Waals surface area contributed by atoms with E-state index in [1.54, 1.807) is 28.8 Å². The van der Waals surface area contributed by atoms with E-state index in [0.717, 1.165) is 30.5 Å². The Balaban J connectivity index is 1.72. The molecule has 0 unspecified atom stereocenters. The molecule has 0 bridgehead atoms. The fraction of sp³-hybridized carbons (Fsp3) is 0.300. The summed E-state index contributed by atoms with van der Waals surface area (Å²) in [6.07, 6.45) is 5.25. The lowest BCUT2D eigenvalue weighted by molar-refractivity contribution is 0.0988. The normalized spacial score (nSPS) is 18.9. The second-order valence-corrected chi connectivity index (χ2v) is 7.34. The van der Waals surface area contributed by atoms with Gasteiger partial charge in [0.05, 0.1) is 5.69 Å². The standard InChI is InChI=1S/C20H20N6O2/c1-24-9-7-13-14(18(24)27)5-2-6-16(13)26-11-12-4-3-8-25(12)17-15(19(26)28)10-22-20(21)23-17/h2,5-7,9-10,12H,3-4,8,11H2,1H3,(H2,21,22,23)/t12-/m0/s1. The number of carbonyl (C=O) groups is 1. The molecule has 1 aromatic carbocycles. The molecule has 0 aliphatic carbocycles. The molecule has 2 aliphatic rings. The number of rotatable bonds is 1. The van der Waals surface area contributed by atoms with Gasteiger partial charge in [0.1, 0.15) is 11.4 Å². The molecular weight excluding hydrogens is 356 g/mol. The van der Waals surface area contributed by atoms with Gasteiger partial charge in [0, 0.05) is 49.3 Å². The number of carbonyl (C=O) groups excluding carboxylic acids is 1. The molecule has 2 N–H and O–H groups in total. The van der Waals surface area contributed by atoms with Gasteiger partial charge in [-0.1, -0.05) is 6.07 Å². The van der Waals surface area contributed by atoms with Gasteiger partial charge in [-0.3, -0.25) is 9.59 Å². The number of hydrogen-bond donors (Lipinski definition) is 1. The summed E-state index contributed by atoms with van der Waals surface area (Å²) >= 11 is 0. The van der Waals surface area contributed by atoms with Crippen LogP contribution in [0.4, 0.5) is 17.5 Å². The van der Waals surface area contributed by atoms with E-state index < -0.39 is 0 Å². The van der Waals surface area contributed by atoms with E-state index in [0.29, 0.717) is 23.3 Å². The van der Waals surface area contributed by atoms with Crippen LogP contribution in [0.5, 0.6) is 0 Å². The van der Waals surface area contributed by atoms with Crippen LogP contribution in [0.1, 0.15) is 23.2 Å². The summed E-state index contributed by atoms with van der Waals surface area (Å²) in [7, 11) is 1.72. The SMILES string of the molecule is Cn1ccc2c(N3C[C@@H]4CCCN4c4nc(N)ncc4C3=O)cccc2c1=O. The predicted octanol–water partition coefficient (Wildman–Crippen LogP) is 1.54. The van der Waals surface area contributed by atoms with Crippen LogP contribution in [-0.4, -0.2) is 39.6 Å². The maximum absolute atomic E-state index is 13.5. The molecule has 5 rings (SSSR count). The van der Waals surface area contributed by atoms with Gasteiger partial charge >= 0.3 is 0 Å². The number of amides is 1. The van der Waals surface area contributed by atoms with Crippen LogP contribution in [0, 0.1) is 0 Å². The van der Waals surface area contributed by atoms with Crippen molar-refractivity contribution in [3.05, 3.63) is 52.6 Å². The molecule has 2 aromatic heterocycles. The molecule has 2 aliphatic heterocycles. The highest BCUT2D eigenvalue weighted by atomic mass is 16.2. The first-order chi connectivity index (χ1) is 13.5. The predicted molar refractivity (Wildman–Crippen MR) is 108 cm³/mol. The van der Waals surface area contributed by atoms with Gasteiger partial charge < -0.3 is 20.1 Å². The number of benzene rings is 1. The van der Waals surface area contributed by atoms with E-state index in [-0.39, 0.29) is 23.5 Å². The van der Waals surface area contributed by atoms with Crippen molar-refractivity contribution in [2.75, 3.05) is 28.6 Å². The Hall–Kier alpha value is -3.42. The smallest absolute Gasteiger partial charge is 0.263 e. The fourth-order valence-electron chi connectivity index (χ4n) is 4.30.